The molecule has 0 atom stereocenters. The van der Waals surface area contributed by atoms with Crippen LogP contribution < -0.4 is 16.0 Å². The number of H-pyrrole nitrogens is 1. The van der Waals surface area contributed by atoms with Gasteiger partial charge in [0.2, 0.25) is 0 Å². The topological polar surface area (TPSA) is 142 Å². The molecule has 0 unspecified atom stereocenters. The average Bonchev–Trinajstić information content (AvgIpc) is 2.39. The lowest BCUT2D eigenvalue weighted by Crippen LogP contribution is -2.05. The predicted molar refractivity (Wildman–Crippen MR) is 75.2 cm³/mol. The zero-order valence-corrected chi connectivity index (χ0v) is 11.1. The second-order valence-electron chi connectivity index (χ2n) is 3.30. The Morgan fingerprint density at radius 3 is 2.60 bits per heavy atom. The van der Waals surface area contributed by atoms with Crippen molar-refractivity contribution in [1.29, 1.82) is 5.41 Å². The van der Waals surface area contributed by atoms with Gasteiger partial charge >= 0.3 is 0 Å². The predicted octanol–water partition coefficient (Wildman–Crippen LogP) is 0.575. The number of methoxy groups -OCH3 is 1. The number of hydrogen-bond acceptors (Lipinski definition) is 5. The Morgan fingerprint density at radius 1 is 1.55 bits per heavy atom. The lowest BCUT2D eigenvalue weighted by molar-refractivity contribution is -0.134. The molecule has 0 aliphatic carbocycles. The van der Waals surface area contributed by atoms with Crippen LogP contribution in [0.3, 0.4) is 0 Å². The Morgan fingerprint density at radius 2 is 2.10 bits per heavy atom. The summed E-state index contributed by atoms with van der Waals surface area (Å²) < 4.78 is 5.00. The molecule has 0 aliphatic rings. The number of carboxylic acids is 1. The molecule has 0 saturated heterocycles. The summed E-state index contributed by atoms with van der Waals surface area (Å²) in [4.78, 5) is 26.8. The van der Waals surface area contributed by atoms with Crippen LogP contribution in [0.2, 0.25) is 0 Å². The summed E-state index contributed by atoms with van der Waals surface area (Å²) in [6, 6.07) is 5.19. The summed E-state index contributed by atoms with van der Waals surface area (Å²) in [5.74, 6) is -0.175. The first-order chi connectivity index (χ1) is 9.46. The van der Waals surface area contributed by atoms with Gasteiger partial charge in [-0.05, 0) is 18.2 Å². The van der Waals surface area contributed by atoms with Gasteiger partial charge in [0.15, 0.2) is 0 Å². The van der Waals surface area contributed by atoms with Crippen LogP contribution in [0.25, 0.3) is 10.9 Å². The molecule has 0 aliphatic heterocycles. The van der Waals surface area contributed by atoms with E-state index in [9.17, 15) is 4.79 Å². The quantitative estimate of drug-likeness (QED) is 0.444. The second-order valence-corrected chi connectivity index (χ2v) is 3.30. The monoisotopic (exact) mass is 280 g/mol. The van der Waals surface area contributed by atoms with Crippen LogP contribution in [-0.4, -0.2) is 34.5 Å². The molecule has 8 heteroatoms. The van der Waals surface area contributed by atoms with E-state index in [1.807, 2.05) is 0 Å². The Balaban J connectivity index is 0.000000438. The number of carboxylic acid groups (broad SMARTS) is 1. The molecule has 0 amide bonds. The molecule has 5 N–H and O–H groups in total. The number of ether oxygens (including phenoxy) is 1. The van der Waals surface area contributed by atoms with Crippen LogP contribution >= 0.6 is 0 Å². The van der Waals surface area contributed by atoms with Crippen molar-refractivity contribution >= 4 is 23.2 Å². The van der Waals surface area contributed by atoms with E-state index in [2.05, 4.69) is 15.7 Å². The van der Waals surface area contributed by atoms with Gasteiger partial charge in [0, 0.05) is 6.92 Å². The highest BCUT2D eigenvalue weighted by Gasteiger charge is 1.99. The summed E-state index contributed by atoms with van der Waals surface area (Å²) in [6.07, 6.45) is 2.14. The SMILES string of the molecule is CC(=O)O.COc1ccc2nc[nH]c(=O)c2c1.N=CN. The normalized spacial score (nSPS) is 8.50. The molecule has 0 bridgehead atoms. The number of benzene rings is 1. The third-order valence-corrected chi connectivity index (χ3v) is 1.85. The first-order valence-corrected chi connectivity index (χ1v) is 5.37. The standard InChI is InChI=1S/C9H8N2O2.C2H4O2.CH4N2/c1-13-6-2-3-8-7(4-6)9(12)11-5-10-8;1-2(3)4;2-1-3/h2-5H,1H3,(H,10,11,12);1H3,(H,3,4);1H,(H3,2,3). The van der Waals surface area contributed by atoms with Gasteiger partial charge in [-0.3, -0.25) is 15.0 Å². The number of aromatic nitrogens is 2. The number of nitrogens with zero attached hydrogens (tertiary/aromatic N) is 1. The van der Waals surface area contributed by atoms with Crippen molar-refractivity contribution < 1.29 is 14.6 Å². The second kappa shape index (κ2) is 9.09. The molecule has 0 spiro atoms. The highest BCUT2D eigenvalue weighted by atomic mass is 16.5. The van der Waals surface area contributed by atoms with Gasteiger partial charge in [0.25, 0.3) is 11.5 Å². The number of nitrogens with two attached hydrogens (primary N) is 1. The lowest BCUT2D eigenvalue weighted by Gasteiger charge is -1.99. The van der Waals surface area contributed by atoms with E-state index in [-0.39, 0.29) is 5.56 Å². The summed E-state index contributed by atoms with van der Waals surface area (Å²) in [7, 11) is 1.56. The van der Waals surface area contributed by atoms with Gasteiger partial charge in [-0.15, -0.1) is 0 Å². The minimum absolute atomic E-state index is 0.149. The fraction of sp³-hybridized carbons (Fsp3) is 0.167. The maximum Gasteiger partial charge on any atom is 0.300 e. The molecule has 2 aromatic rings. The number of fused-ring (bicyclic) bond motifs is 1. The third-order valence-electron chi connectivity index (χ3n) is 1.85. The van der Waals surface area contributed by atoms with Crippen LogP contribution in [0, 0.1) is 5.41 Å². The minimum Gasteiger partial charge on any atom is -0.497 e. The molecule has 0 radical (unpaired) electrons. The van der Waals surface area contributed by atoms with E-state index in [0.29, 0.717) is 16.7 Å². The minimum atomic E-state index is -0.833. The van der Waals surface area contributed by atoms with Gasteiger partial charge in [-0.2, -0.15) is 0 Å². The van der Waals surface area contributed by atoms with Crippen molar-refractivity contribution in [2.24, 2.45) is 5.73 Å². The molecular formula is C12H16N4O4. The molecule has 0 fully saturated rings. The number of carbonyl (C=O) groups is 1. The van der Waals surface area contributed by atoms with Crippen LogP contribution in [0.5, 0.6) is 5.75 Å². The number of aliphatic carboxylic acids is 1. The van der Waals surface area contributed by atoms with Crippen molar-refractivity contribution in [3.05, 3.63) is 34.9 Å². The van der Waals surface area contributed by atoms with Gasteiger partial charge in [-0.1, -0.05) is 0 Å². The van der Waals surface area contributed by atoms with Crippen molar-refractivity contribution in [3.8, 4) is 5.75 Å². The Labute approximate surface area is 114 Å². The van der Waals surface area contributed by atoms with Crippen molar-refractivity contribution in [1.82, 2.24) is 9.97 Å². The number of nitrogens with one attached hydrogen (secondary N) is 2. The van der Waals surface area contributed by atoms with Crippen molar-refractivity contribution in [2.45, 2.75) is 6.92 Å². The largest absolute Gasteiger partial charge is 0.497 e. The highest BCUT2D eigenvalue weighted by molar-refractivity contribution is 5.78. The molecule has 8 nitrogen and oxygen atoms in total. The molecular weight excluding hydrogens is 264 g/mol. The molecule has 1 heterocycles. The van der Waals surface area contributed by atoms with Gasteiger partial charge in [0.1, 0.15) is 5.75 Å². The first-order valence-electron chi connectivity index (χ1n) is 5.37. The van der Waals surface area contributed by atoms with Gasteiger partial charge < -0.3 is 20.6 Å². The maximum absolute atomic E-state index is 11.3. The zero-order chi connectivity index (χ0) is 15.5. The van der Waals surface area contributed by atoms with Crippen LogP contribution in [0.1, 0.15) is 6.92 Å². The molecule has 0 saturated carbocycles. The van der Waals surface area contributed by atoms with E-state index in [1.54, 1.807) is 25.3 Å². The van der Waals surface area contributed by atoms with E-state index in [0.717, 1.165) is 13.3 Å². The summed E-state index contributed by atoms with van der Waals surface area (Å²) in [5.41, 5.74) is 4.91. The summed E-state index contributed by atoms with van der Waals surface area (Å²) in [6.45, 7) is 1.08. The number of hydrogen-bond donors (Lipinski definition) is 4. The lowest BCUT2D eigenvalue weighted by atomic mass is 10.2. The Bertz CT molecular complexity index is 620. The third kappa shape index (κ3) is 6.15. The fourth-order valence-corrected chi connectivity index (χ4v) is 1.17. The molecule has 108 valence electrons. The summed E-state index contributed by atoms with van der Waals surface area (Å²) in [5, 5.41) is 13.8. The molecule has 1 aromatic carbocycles. The molecule has 20 heavy (non-hydrogen) atoms. The number of rotatable bonds is 1. The smallest absolute Gasteiger partial charge is 0.300 e. The molecule has 1 aromatic heterocycles. The van der Waals surface area contributed by atoms with E-state index < -0.39 is 5.97 Å². The highest BCUT2D eigenvalue weighted by Crippen LogP contribution is 2.14. The van der Waals surface area contributed by atoms with Gasteiger partial charge in [-0.25, -0.2) is 4.98 Å². The van der Waals surface area contributed by atoms with E-state index in [1.165, 1.54) is 6.33 Å². The van der Waals surface area contributed by atoms with E-state index >= 15 is 0 Å². The Kier molecular flexibility index (Phi) is 7.77. The fourth-order valence-electron chi connectivity index (χ4n) is 1.17. The Hall–Kier alpha value is -2.90. The summed E-state index contributed by atoms with van der Waals surface area (Å²) >= 11 is 0. The van der Waals surface area contributed by atoms with Crippen LogP contribution in [0.15, 0.2) is 29.3 Å². The zero-order valence-electron chi connectivity index (χ0n) is 11.1. The first kappa shape index (κ1) is 17.1. The van der Waals surface area contributed by atoms with Crippen LogP contribution in [-0.2, 0) is 4.79 Å². The molecule has 2 rings (SSSR count). The van der Waals surface area contributed by atoms with E-state index in [4.69, 9.17) is 20.0 Å². The van der Waals surface area contributed by atoms with Crippen molar-refractivity contribution in [2.75, 3.05) is 7.11 Å². The number of aromatic amines is 1. The van der Waals surface area contributed by atoms with Gasteiger partial charge in [0.05, 0.1) is 30.7 Å². The van der Waals surface area contributed by atoms with Crippen molar-refractivity contribution in [3.63, 3.8) is 0 Å². The maximum atomic E-state index is 11.3. The van der Waals surface area contributed by atoms with Crippen LogP contribution in [0.4, 0.5) is 0 Å². The average molecular weight is 280 g/mol.